The highest BCUT2D eigenvalue weighted by Gasteiger charge is 2.23. The highest BCUT2D eigenvalue weighted by Crippen LogP contribution is 2.40. The van der Waals surface area contributed by atoms with Gasteiger partial charge in [-0.15, -0.1) is 0 Å². The van der Waals surface area contributed by atoms with Gasteiger partial charge in [0.2, 0.25) is 0 Å². The van der Waals surface area contributed by atoms with Crippen molar-refractivity contribution in [2.24, 2.45) is 0 Å². The molecule has 0 aliphatic rings. The molecule has 0 spiro atoms. The molecule has 42 heavy (non-hydrogen) atoms. The van der Waals surface area contributed by atoms with Crippen molar-refractivity contribution in [3.05, 3.63) is 96.6 Å². The van der Waals surface area contributed by atoms with Crippen molar-refractivity contribution >= 4 is 34.6 Å². The molecular formula is C32H26F2O8. The van der Waals surface area contributed by atoms with Gasteiger partial charge in [0.1, 0.15) is 0 Å². The summed E-state index contributed by atoms with van der Waals surface area (Å²) >= 11 is 0. The Morgan fingerprint density at radius 2 is 0.952 bits per heavy atom. The predicted octanol–water partition coefficient (Wildman–Crippen LogP) is 6.71. The molecule has 0 saturated carbocycles. The van der Waals surface area contributed by atoms with Gasteiger partial charge in [-0.05, 0) is 69.0 Å². The third-order valence-electron chi connectivity index (χ3n) is 5.54. The lowest BCUT2D eigenvalue weighted by Crippen LogP contribution is -2.13. The average Bonchev–Trinajstić information content (AvgIpc) is 2.91. The fourth-order valence-electron chi connectivity index (χ4n) is 3.30. The molecular weight excluding hydrogens is 550 g/mol. The van der Waals surface area contributed by atoms with E-state index in [0.717, 1.165) is 6.07 Å². The van der Waals surface area contributed by atoms with E-state index >= 15 is 8.78 Å². The SMILES string of the molecule is C=C(C)C(=O)Oc1ccc(-c2cc3cc(OC(=O)C(=C)C)c(OC(=O)C(=C)C)cc3c(F)c2F)cc1OC(=O)C(=C)C. The van der Waals surface area contributed by atoms with E-state index in [4.69, 9.17) is 18.9 Å². The molecule has 0 amide bonds. The van der Waals surface area contributed by atoms with Gasteiger partial charge in [-0.1, -0.05) is 32.4 Å². The standard InChI is InChI=1S/C32H26F2O8/c1-15(2)29(35)39-23-10-9-19(12-24(23)40-30(36)16(3)4)21-11-20-13-25(41-31(37)17(5)6)26(42-32(38)18(7)8)14-22(20)28(34)27(21)33/h9-14H,1,3,5,7H2,2,4,6,8H3. The van der Waals surface area contributed by atoms with Gasteiger partial charge in [0.05, 0.1) is 0 Å². The quantitative estimate of drug-likeness (QED) is 0.157. The third-order valence-corrected chi connectivity index (χ3v) is 5.54. The normalized spacial score (nSPS) is 10.4. The summed E-state index contributed by atoms with van der Waals surface area (Å²) in [5.41, 5.74) is -0.117. The molecule has 0 N–H and O–H groups in total. The molecule has 0 heterocycles. The van der Waals surface area contributed by atoms with Gasteiger partial charge in [-0.25, -0.2) is 28.0 Å². The monoisotopic (exact) mass is 576 g/mol. The molecule has 0 bridgehead atoms. The smallest absolute Gasteiger partial charge is 0.338 e. The summed E-state index contributed by atoms with van der Waals surface area (Å²) in [5.74, 6) is -7.08. The minimum Gasteiger partial charge on any atom is -0.419 e. The van der Waals surface area contributed by atoms with Crippen molar-refractivity contribution in [2.45, 2.75) is 27.7 Å². The van der Waals surface area contributed by atoms with E-state index < -0.39 is 35.5 Å². The zero-order chi connectivity index (χ0) is 31.5. The van der Waals surface area contributed by atoms with E-state index in [9.17, 15) is 19.2 Å². The van der Waals surface area contributed by atoms with Crippen molar-refractivity contribution in [3.63, 3.8) is 0 Å². The zero-order valence-electron chi connectivity index (χ0n) is 23.3. The Morgan fingerprint density at radius 3 is 1.40 bits per heavy atom. The number of esters is 4. The number of hydrogen-bond donors (Lipinski definition) is 0. The van der Waals surface area contributed by atoms with E-state index in [1.807, 2.05) is 0 Å². The number of ether oxygens (including phenoxy) is 4. The summed E-state index contributed by atoms with van der Waals surface area (Å²) in [6.07, 6.45) is 0. The summed E-state index contributed by atoms with van der Waals surface area (Å²) in [7, 11) is 0. The van der Waals surface area contributed by atoms with Gasteiger partial charge in [0, 0.05) is 33.2 Å². The maximum Gasteiger partial charge on any atom is 0.338 e. The number of fused-ring (bicyclic) bond motifs is 1. The minimum atomic E-state index is -1.31. The summed E-state index contributed by atoms with van der Waals surface area (Å²) in [5, 5.41) is -0.237. The predicted molar refractivity (Wildman–Crippen MR) is 151 cm³/mol. The molecule has 0 atom stereocenters. The molecule has 0 aromatic heterocycles. The summed E-state index contributed by atoms with van der Waals surface area (Å²) < 4.78 is 51.9. The third kappa shape index (κ3) is 6.84. The molecule has 216 valence electrons. The topological polar surface area (TPSA) is 105 Å². The Bertz CT molecular complexity index is 1730. The number of carbonyl (C=O) groups excluding carboxylic acids is 4. The van der Waals surface area contributed by atoms with Crippen LogP contribution in [-0.2, 0) is 19.2 Å². The molecule has 3 rings (SSSR count). The van der Waals surface area contributed by atoms with Crippen molar-refractivity contribution < 1.29 is 46.9 Å². The lowest BCUT2D eigenvalue weighted by atomic mass is 9.99. The van der Waals surface area contributed by atoms with E-state index in [1.165, 1.54) is 58.0 Å². The first kappa shape index (κ1) is 31.2. The zero-order valence-corrected chi connectivity index (χ0v) is 23.3. The molecule has 0 fully saturated rings. The van der Waals surface area contributed by atoms with Crippen molar-refractivity contribution in [3.8, 4) is 34.1 Å². The van der Waals surface area contributed by atoms with Crippen LogP contribution in [0.4, 0.5) is 8.78 Å². The highest BCUT2D eigenvalue weighted by molar-refractivity contribution is 5.96. The van der Waals surface area contributed by atoms with Gasteiger partial charge in [0.15, 0.2) is 34.6 Å². The van der Waals surface area contributed by atoms with Crippen LogP contribution in [0.1, 0.15) is 27.7 Å². The maximum atomic E-state index is 15.5. The van der Waals surface area contributed by atoms with Gasteiger partial charge < -0.3 is 18.9 Å². The van der Waals surface area contributed by atoms with Crippen LogP contribution in [0.25, 0.3) is 21.9 Å². The van der Waals surface area contributed by atoms with E-state index in [-0.39, 0.29) is 67.2 Å². The van der Waals surface area contributed by atoms with Gasteiger partial charge in [0.25, 0.3) is 0 Å². The highest BCUT2D eigenvalue weighted by atomic mass is 19.2. The largest absolute Gasteiger partial charge is 0.419 e. The number of carbonyl (C=O) groups is 4. The van der Waals surface area contributed by atoms with Crippen LogP contribution in [0.2, 0.25) is 0 Å². The van der Waals surface area contributed by atoms with Crippen LogP contribution < -0.4 is 18.9 Å². The molecule has 8 nitrogen and oxygen atoms in total. The van der Waals surface area contributed by atoms with Gasteiger partial charge in [-0.3, -0.25) is 0 Å². The van der Waals surface area contributed by atoms with Crippen molar-refractivity contribution in [2.75, 3.05) is 0 Å². The second kappa shape index (κ2) is 12.4. The lowest BCUT2D eigenvalue weighted by molar-refractivity contribution is -0.132. The molecule has 0 aliphatic carbocycles. The minimum absolute atomic E-state index is 0.00908. The van der Waals surface area contributed by atoms with Crippen LogP contribution in [0.5, 0.6) is 23.0 Å². The molecule has 0 radical (unpaired) electrons. The Labute approximate surface area is 240 Å². The van der Waals surface area contributed by atoms with Crippen LogP contribution in [-0.4, -0.2) is 23.9 Å². The van der Waals surface area contributed by atoms with Gasteiger partial charge in [-0.2, -0.15) is 0 Å². The van der Waals surface area contributed by atoms with Gasteiger partial charge >= 0.3 is 23.9 Å². The van der Waals surface area contributed by atoms with Crippen LogP contribution in [0.15, 0.2) is 85.0 Å². The number of rotatable bonds is 9. The Hall–Kier alpha value is -5.38. The maximum absolute atomic E-state index is 15.5. The first-order valence-corrected chi connectivity index (χ1v) is 12.2. The number of hydrogen-bond acceptors (Lipinski definition) is 8. The first-order chi connectivity index (χ1) is 19.6. The molecule has 0 unspecified atom stereocenters. The van der Waals surface area contributed by atoms with Crippen LogP contribution in [0, 0.1) is 11.6 Å². The Kier molecular flexibility index (Phi) is 9.21. The Balaban J connectivity index is 2.23. The van der Waals surface area contributed by atoms with Crippen LogP contribution >= 0.6 is 0 Å². The summed E-state index contributed by atoms with van der Waals surface area (Å²) in [6, 6.07) is 7.17. The number of halogens is 2. The fraction of sp³-hybridized carbons (Fsp3) is 0.125. The average molecular weight is 577 g/mol. The van der Waals surface area contributed by atoms with Crippen LogP contribution in [0.3, 0.4) is 0 Å². The molecule has 0 saturated heterocycles. The molecule has 3 aromatic rings. The van der Waals surface area contributed by atoms with Crippen molar-refractivity contribution in [1.82, 2.24) is 0 Å². The lowest BCUT2D eigenvalue weighted by Gasteiger charge is -2.15. The van der Waals surface area contributed by atoms with E-state index in [1.54, 1.807) is 0 Å². The number of benzene rings is 3. The molecule has 0 aliphatic heterocycles. The Morgan fingerprint density at radius 1 is 0.548 bits per heavy atom. The second-order valence-electron chi connectivity index (χ2n) is 9.41. The van der Waals surface area contributed by atoms with Crippen molar-refractivity contribution in [1.29, 1.82) is 0 Å². The first-order valence-electron chi connectivity index (χ1n) is 12.2. The second-order valence-corrected chi connectivity index (χ2v) is 9.41. The fourth-order valence-corrected chi connectivity index (χ4v) is 3.30. The molecule has 3 aromatic carbocycles. The van der Waals surface area contributed by atoms with E-state index in [2.05, 4.69) is 26.3 Å². The molecule has 10 heteroatoms. The van der Waals surface area contributed by atoms with E-state index in [0.29, 0.717) is 0 Å². The summed E-state index contributed by atoms with van der Waals surface area (Å²) in [4.78, 5) is 48.8. The summed E-state index contributed by atoms with van der Waals surface area (Å²) in [6.45, 7) is 19.6.